The van der Waals surface area contributed by atoms with Crippen LogP contribution in [0.3, 0.4) is 0 Å². The number of aromatic nitrogens is 2. The molecule has 0 bridgehead atoms. The molecule has 0 saturated carbocycles. The summed E-state index contributed by atoms with van der Waals surface area (Å²) in [4.78, 5) is 7.77. The van der Waals surface area contributed by atoms with Gasteiger partial charge in [0.25, 0.3) is 0 Å². The minimum absolute atomic E-state index is 0.365. The SMILES string of the molecule is Fc1cc(Cl)ccc1-c1cncnc1Br. The van der Waals surface area contributed by atoms with Gasteiger partial charge in [-0.05, 0) is 34.1 Å². The fourth-order valence-electron chi connectivity index (χ4n) is 1.20. The Morgan fingerprint density at radius 1 is 1.27 bits per heavy atom. The van der Waals surface area contributed by atoms with E-state index in [2.05, 4.69) is 25.9 Å². The first-order valence-corrected chi connectivity index (χ1v) is 5.26. The summed E-state index contributed by atoms with van der Waals surface area (Å²) in [6.07, 6.45) is 2.94. The van der Waals surface area contributed by atoms with E-state index >= 15 is 0 Å². The Hall–Kier alpha value is -1.00. The summed E-state index contributed by atoms with van der Waals surface area (Å²) in [6.45, 7) is 0. The summed E-state index contributed by atoms with van der Waals surface area (Å²) >= 11 is 8.90. The van der Waals surface area contributed by atoms with E-state index in [4.69, 9.17) is 11.6 Å². The lowest BCUT2D eigenvalue weighted by Gasteiger charge is -2.04. The van der Waals surface area contributed by atoms with Gasteiger partial charge in [-0.25, -0.2) is 14.4 Å². The van der Waals surface area contributed by atoms with Gasteiger partial charge in [0, 0.05) is 22.3 Å². The lowest BCUT2D eigenvalue weighted by molar-refractivity contribution is 0.631. The summed E-state index contributed by atoms with van der Waals surface area (Å²) in [5.74, 6) is -0.391. The minimum atomic E-state index is -0.391. The highest BCUT2D eigenvalue weighted by Gasteiger charge is 2.09. The van der Waals surface area contributed by atoms with Crippen molar-refractivity contribution in [1.82, 2.24) is 9.97 Å². The van der Waals surface area contributed by atoms with Gasteiger partial charge in [0.05, 0.1) is 0 Å². The predicted octanol–water partition coefficient (Wildman–Crippen LogP) is 3.70. The van der Waals surface area contributed by atoms with Crippen molar-refractivity contribution in [2.75, 3.05) is 0 Å². The van der Waals surface area contributed by atoms with Gasteiger partial charge in [0.15, 0.2) is 0 Å². The molecule has 1 heterocycles. The van der Waals surface area contributed by atoms with Crippen molar-refractivity contribution in [3.05, 3.63) is 46.2 Å². The van der Waals surface area contributed by atoms with Crippen LogP contribution >= 0.6 is 27.5 Å². The van der Waals surface area contributed by atoms with Crippen molar-refractivity contribution < 1.29 is 4.39 Å². The topological polar surface area (TPSA) is 25.8 Å². The van der Waals surface area contributed by atoms with Crippen molar-refractivity contribution in [1.29, 1.82) is 0 Å². The van der Waals surface area contributed by atoms with E-state index in [1.807, 2.05) is 0 Å². The van der Waals surface area contributed by atoms with Crippen molar-refractivity contribution in [2.24, 2.45) is 0 Å². The average Bonchev–Trinajstić information content (AvgIpc) is 2.20. The molecule has 2 aromatic rings. The van der Waals surface area contributed by atoms with Gasteiger partial charge >= 0.3 is 0 Å². The zero-order valence-electron chi connectivity index (χ0n) is 7.42. The molecule has 0 aliphatic heterocycles. The first-order chi connectivity index (χ1) is 7.18. The second-order valence-corrected chi connectivity index (χ2v) is 4.04. The monoisotopic (exact) mass is 286 g/mol. The number of rotatable bonds is 1. The van der Waals surface area contributed by atoms with Gasteiger partial charge < -0.3 is 0 Å². The average molecular weight is 288 g/mol. The molecule has 0 unspecified atom stereocenters. The van der Waals surface area contributed by atoms with E-state index in [9.17, 15) is 4.39 Å². The Morgan fingerprint density at radius 3 is 2.73 bits per heavy atom. The van der Waals surface area contributed by atoms with Crippen molar-refractivity contribution in [3.63, 3.8) is 0 Å². The Labute approximate surface area is 99.3 Å². The lowest BCUT2D eigenvalue weighted by Crippen LogP contribution is -1.89. The summed E-state index contributed by atoms with van der Waals surface area (Å²) in [5, 5.41) is 0.365. The molecule has 0 spiro atoms. The Kier molecular flexibility index (Phi) is 2.98. The normalized spacial score (nSPS) is 10.3. The zero-order chi connectivity index (χ0) is 10.8. The molecule has 0 fully saturated rings. The van der Waals surface area contributed by atoms with Crippen LogP contribution in [0.4, 0.5) is 4.39 Å². The number of nitrogens with zero attached hydrogens (tertiary/aromatic N) is 2. The van der Waals surface area contributed by atoms with Crippen LogP contribution in [0.2, 0.25) is 5.02 Å². The van der Waals surface area contributed by atoms with Crippen LogP contribution in [0.1, 0.15) is 0 Å². The summed E-state index contributed by atoms with van der Waals surface area (Å²) in [6, 6.07) is 4.48. The maximum absolute atomic E-state index is 13.6. The van der Waals surface area contributed by atoms with Gasteiger partial charge in [-0.15, -0.1) is 0 Å². The molecule has 15 heavy (non-hydrogen) atoms. The molecule has 76 valence electrons. The number of hydrogen-bond donors (Lipinski definition) is 0. The van der Waals surface area contributed by atoms with Crippen molar-refractivity contribution >= 4 is 27.5 Å². The maximum Gasteiger partial charge on any atom is 0.132 e. The first kappa shape index (κ1) is 10.5. The fraction of sp³-hybridized carbons (Fsp3) is 0. The van der Waals surface area contributed by atoms with E-state index in [1.54, 1.807) is 18.3 Å². The molecule has 2 rings (SSSR count). The molecule has 1 aromatic carbocycles. The van der Waals surface area contributed by atoms with E-state index in [1.165, 1.54) is 12.4 Å². The van der Waals surface area contributed by atoms with Crippen LogP contribution < -0.4 is 0 Å². The number of hydrogen-bond acceptors (Lipinski definition) is 2. The number of halogens is 3. The maximum atomic E-state index is 13.6. The first-order valence-electron chi connectivity index (χ1n) is 4.09. The second kappa shape index (κ2) is 4.24. The van der Waals surface area contributed by atoms with Crippen LogP contribution in [0, 0.1) is 5.82 Å². The number of benzene rings is 1. The van der Waals surface area contributed by atoms with Crippen LogP contribution in [0.5, 0.6) is 0 Å². The molecule has 0 N–H and O–H groups in total. The van der Waals surface area contributed by atoms with E-state index in [-0.39, 0.29) is 0 Å². The molecular formula is C10H5BrClFN2. The Bertz CT molecular complexity index is 505. The molecular weight excluding hydrogens is 282 g/mol. The highest BCUT2D eigenvalue weighted by molar-refractivity contribution is 9.10. The van der Waals surface area contributed by atoms with E-state index in [0.717, 1.165) is 0 Å². The summed E-state index contributed by atoms with van der Waals surface area (Å²) < 4.78 is 14.1. The summed E-state index contributed by atoms with van der Waals surface area (Å²) in [5.41, 5.74) is 1.03. The Balaban J connectivity index is 2.60. The standard InChI is InChI=1S/C10H5BrClFN2/c11-10-8(4-14-5-15-10)7-2-1-6(12)3-9(7)13/h1-5H. The highest BCUT2D eigenvalue weighted by Crippen LogP contribution is 2.29. The molecule has 2 nitrogen and oxygen atoms in total. The smallest absolute Gasteiger partial charge is 0.132 e. The predicted molar refractivity (Wildman–Crippen MR) is 60.1 cm³/mol. The quantitative estimate of drug-likeness (QED) is 0.747. The lowest BCUT2D eigenvalue weighted by atomic mass is 10.1. The third-order valence-corrected chi connectivity index (χ3v) is 2.75. The van der Waals surface area contributed by atoms with Crippen LogP contribution in [0.25, 0.3) is 11.1 Å². The third-order valence-electron chi connectivity index (χ3n) is 1.88. The molecule has 0 saturated heterocycles. The minimum Gasteiger partial charge on any atom is -0.244 e. The van der Waals surface area contributed by atoms with Crippen molar-refractivity contribution in [2.45, 2.75) is 0 Å². The molecule has 0 aliphatic carbocycles. The van der Waals surface area contributed by atoms with Gasteiger partial charge in [-0.2, -0.15) is 0 Å². The van der Waals surface area contributed by atoms with E-state index < -0.39 is 5.82 Å². The third kappa shape index (κ3) is 2.16. The van der Waals surface area contributed by atoms with Gasteiger partial charge in [0.1, 0.15) is 16.7 Å². The second-order valence-electron chi connectivity index (χ2n) is 2.85. The molecule has 0 atom stereocenters. The molecule has 0 radical (unpaired) electrons. The van der Waals surface area contributed by atoms with Crippen LogP contribution in [0.15, 0.2) is 35.3 Å². The van der Waals surface area contributed by atoms with Gasteiger partial charge in [-0.1, -0.05) is 11.6 Å². The van der Waals surface area contributed by atoms with Gasteiger partial charge in [0.2, 0.25) is 0 Å². The Morgan fingerprint density at radius 2 is 2.07 bits per heavy atom. The van der Waals surface area contributed by atoms with Gasteiger partial charge in [-0.3, -0.25) is 0 Å². The molecule has 5 heteroatoms. The zero-order valence-corrected chi connectivity index (χ0v) is 9.76. The molecule has 0 aliphatic rings. The van der Waals surface area contributed by atoms with E-state index in [0.29, 0.717) is 20.8 Å². The van der Waals surface area contributed by atoms with Crippen LogP contribution in [-0.2, 0) is 0 Å². The molecule has 0 amide bonds. The molecule has 1 aromatic heterocycles. The van der Waals surface area contributed by atoms with Crippen LogP contribution in [-0.4, -0.2) is 9.97 Å². The highest BCUT2D eigenvalue weighted by atomic mass is 79.9. The fourth-order valence-corrected chi connectivity index (χ4v) is 1.77. The van der Waals surface area contributed by atoms with Crippen molar-refractivity contribution in [3.8, 4) is 11.1 Å². The largest absolute Gasteiger partial charge is 0.244 e. The summed E-state index contributed by atoms with van der Waals surface area (Å²) in [7, 11) is 0.